The van der Waals surface area contributed by atoms with E-state index in [4.69, 9.17) is 10.5 Å². The van der Waals surface area contributed by atoms with Crippen molar-refractivity contribution in [2.24, 2.45) is 5.92 Å². The molecule has 0 aliphatic heterocycles. The van der Waals surface area contributed by atoms with Gasteiger partial charge in [-0.1, -0.05) is 26.0 Å². The number of ether oxygens (including phenoxy) is 1. The quantitative estimate of drug-likeness (QED) is 0.716. The SMILES string of the molecule is CC(C)C(CN(C)C)NC(=O)CCOc1ccccc1N. The third-order valence-electron chi connectivity index (χ3n) is 3.22. The standard InChI is InChI=1S/C16H27N3O2/c1-12(2)14(11-19(3)4)18-16(20)9-10-21-15-8-6-5-7-13(15)17/h5-8,12,14H,9-11,17H2,1-4H3,(H,18,20). The Balaban J connectivity index is 2.38. The van der Waals surface area contributed by atoms with Crippen LogP contribution < -0.4 is 15.8 Å². The molecule has 0 saturated heterocycles. The summed E-state index contributed by atoms with van der Waals surface area (Å²) in [4.78, 5) is 14.0. The van der Waals surface area contributed by atoms with E-state index in [0.29, 0.717) is 30.4 Å². The number of rotatable bonds is 8. The van der Waals surface area contributed by atoms with Gasteiger partial charge >= 0.3 is 0 Å². The van der Waals surface area contributed by atoms with Crippen LogP contribution in [-0.2, 0) is 4.79 Å². The fourth-order valence-corrected chi connectivity index (χ4v) is 1.96. The predicted molar refractivity (Wildman–Crippen MR) is 86.3 cm³/mol. The molecule has 0 aliphatic carbocycles. The van der Waals surface area contributed by atoms with Crippen LogP contribution in [-0.4, -0.2) is 44.1 Å². The monoisotopic (exact) mass is 293 g/mol. The largest absolute Gasteiger partial charge is 0.491 e. The van der Waals surface area contributed by atoms with E-state index in [2.05, 4.69) is 24.1 Å². The van der Waals surface area contributed by atoms with Gasteiger partial charge in [0.1, 0.15) is 5.75 Å². The van der Waals surface area contributed by atoms with Crippen molar-refractivity contribution < 1.29 is 9.53 Å². The molecule has 0 aliphatic rings. The minimum Gasteiger partial charge on any atom is -0.491 e. The summed E-state index contributed by atoms with van der Waals surface area (Å²) in [6.07, 6.45) is 0.324. The lowest BCUT2D eigenvalue weighted by Crippen LogP contribution is -2.45. The minimum atomic E-state index is 0.00468. The molecule has 3 N–H and O–H groups in total. The van der Waals surface area contributed by atoms with E-state index >= 15 is 0 Å². The fourth-order valence-electron chi connectivity index (χ4n) is 1.96. The van der Waals surface area contributed by atoms with Gasteiger partial charge in [-0.05, 0) is 32.1 Å². The van der Waals surface area contributed by atoms with Gasteiger partial charge < -0.3 is 20.7 Å². The summed E-state index contributed by atoms with van der Waals surface area (Å²) < 4.78 is 5.53. The van der Waals surface area contributed by atoms with Crippen LogP contribution >= 0.6 is 0 Å². The maximum absolute atomic E-state index is 12.0. The highest BCUT2D eigenvalue weighted by molar-refractivity contribution is 5.76. The highest BCUT2D eigenvalue weighted by atomic mass is 16.5. The van der Waals surface area contributed by atoms with E-state index in [9.17, 15) is 4.79 Å². The molecule has 5 nitrogen and oxygen atoms in total. The second kappa shape index (κ2) is 8.52. The summed E-state index contributed by atoms with van der Waals surface area (Å²) in [6.45, 7) is 5.37. The molecule has 1 amide bonds. The lowest BCUT2D eigenvalue weighted by molar-refractivity contribution is -0.122. The molecule has 0 bridgehead atoms. The lowest BCUT2D eigenvalue weighted by Gasteiger charge is -2.25. The highest BCUT2D eigenvalue weighted by Gasteiger charge is 2.16. The average molecular weight is 293 g/mol. The number of carbonyl (C=O) groups is 1. The number of para-hydroxylation sites is 2. The second-order valence-corrected chi connectivity index (χ2v) is 5.82. The molecular formula is C16H27N3O2. The van der Waals surface area contributed by atoms with Gasteiger partial charge in [-0.15, -0.1) is 0 Å². The van der Waals surface area contributed by atoms with Crippen LogP contribution in [0.25, 0.3) is 0 Å². The second-order valence-electron chi connectivity index (χ2n) is 5.82. The van der Waals surface area contributed by atoms with Crippen molar-refractivity contribution in [3.05, 3.63) is 24.3 Å². The zero-order chi connectivity index (χ0) is 15.8. The summed E-state index contributed by atoms with van der Waals surface area (Å²) in [5, 5.41) is 3.06. The topological polar surface area (TPSA) is 67.6 Å². The van der Waals surface area contributed by atoms with Gasteiger partial charge in [0.15, 0.2) is 0 Å². The molecule has 21 heavy (non-hydrogen) atoms. The molecule has 0 heterocycles. The Bertz CT molecular complexity index is 447. The Morgan fingerprint density at radius 3 is 2.57 bits per heavy atom. The number of nitrogens with two attached hydrogens (primary N) is 1. The van der Waals surface area contributed by atoms with Gasteiger partial charge in [0.05, 0.1) is 18.7 Å². The third kappa shape index (κ3) is 6.49. The number of carbonyl (C=O) groups excluding carboxylic acids is 1. The van der Waals surface area contributed by atoms with Crippen LogP contribution in [0.15, 0.2) is 24.3 Å². The van der Waals surface area contributed by atoms with Gasteiger partial charge in [0, 0.05) is 12.6 Å². The molecule has 1 atom stereocenters. The zero-order valence-corrected chi connectivity index (χ0v) is 13.4. The molecule has 1 aromatic rings. The maximum Gasteiger partial charge on any atom is 0.223 e. The van der Waals surface area contributed by atoms with Crippen molar-refractivity contribution in [1.82, 2.24) is 10.2 Å². The van der Waals surface area contributed by atoms with Gasteiger partial charge in [0.2, 0.25) is 5.91 Å². The van der Waals surface area contributed by atoms with Gasteiger partial charge in [-0.2, -0.15) is 0 Å². The predicted octanol–water partition coefficient (Wildman–Crippen LogP) is 1.74. The van der Waals surface area contributed by atoms with E-state index < -0.39 is 0 Å². The molecule has 1 unspecified atom stereocenters. The number of nitrogens with one attached hydrogen (secondary N) is 1. The molecule has 0 spiro atoms. The number of anilines is 1. The van der Waals surface area contributed by atoms with Crippen molar-refractivity contribution in [1.29, 1.82) is 0 Å². The summed E-state index contributed by atoms with van der Waals surface area (Å²) in [6, 6.07) is 7.44. The number of hydrogen-bond donors (Lipinski definition) is 2. The number of benzene rings is 1. The van der Waals surface area contributed by atoms with Crippen molar-refractivity contribution in [3.63, 3.8) is 0 Å². The van der Waals surface area contributed by atoms with E-state index in [1.165, 1.54) is 0 Å². The highest BCUT2D eigenvalue weighted by Crippen LogP contribution is 2.19. The Hall–Kier alpha value is -1.75. The molecule has 1 aromatic carbocycles. The number of nitrogens with zero attached hydrogens (tertiary/aromatic N) is 1. The van der Waals surface area contributed by atoms with Crippen LogP contribution in [0.4, 0.5) is 5.69 Å². The van der Waals surface area contributed by atoms with Gasteiger partial charge in [-0.3, -0.25) is 4.79 Å². The smallest absolute Gasteiger partial charge is 0.223 e. The van der Waals surface area contributed by atoms with Gasteiger partial charge in [-0.25, -0.2) is 0 Å². The van der Waals surface area contributed by atoms with E-state index in [1.807, 2.05) is 26.2 Å². The van der Waals surface area contributed by atoms with E-state index in [1.54, 1.807) is 12.1 Å². The molecule has 118 valence electrons. The van der Waals surface area contributed by atoms with Crippen LogP contribution in [0.2, 0.25) is 0 Å². The lowest BCUT2D eigenvalue weighted by atomic mass is 10.0. The molecule has 1 rings (SSSR count). The first-order valence-electron chi connectivity index (χ1n) is 7.31. The van der Waals surface area contributed by atoms with Crippen molar-refractivity contribution in [2.45, 2.75) is 26.3 Å². The average Bonchev–Trinajstić information content (AvgIpc) is 2.39. The Morgan fingerprint density at radius 1 is 1.33 bits per heavy atom. The molecule has 0 saturated carbocycles. The van der Waals surface area contributed by atoms with Crippen LogP contribution in [0.1, 0.15) is 20.3 Å². The van der Waals surface area contributed by atoms with Crippen molar-refractivity contribution in [2.75, 3.05) is 33.0 Å². The van der Waals surface area contributed by atoms with E-state index in [0.717, 1.165) is 6.54 Å². The minimum absolute atomic E-state index is 0.00468. The van der Waals surface area contributed by atoms with Crippen LogP contribution in [0.3, 0.4) is 0 Å². The van der Waals surface area contributed by atoms with Gasteiger partial charge in [0.25, 0.3) is 0 Å². The molecule has 5 heteroatoms. The number of amides is 1. The molecule has 0 fully saturated rings. The zero-order valence-electron chi connectivity index (χ0n) is 13.4. The Morgan fingerprint density at radius 2 is 2.00 bits per heavy atom. The maximum atomic E-state index is 12.0. The Kier molecular flexibility index (Phi) is 7.02. The number of nitrogen functional groups attached to an aromatic ring is 1. The first kappa shape index (κ1) is 17.3. The third-order valence-corrected chi connectivity index (χ3v) is 3.22. The van der Waals surface area contributed by atoms with Crippen LogP contribution in [0, 0.1) is 5.92 Å². The number of likely N-dealkylation sites (N-methyl/N-ethyl adjacent to an activating group) is 1. The first-order valence-corrected chi connectivity index (χ1v) is 7.31. The fraction of sp³-hybridized carbons (Fsp3) is 0.562. The number of hydrogen-bond acceptors (Lipinski definition) is 4. The summed E-state index contributed by atoms with van der Waals surface area (Å²) in [5.41, 5.74) is 6.37. The van der Waals surface area contributed by atoms with Crippen molar-refractivity contribution in [3.8, 4) is 5.75 Å². The summed E-state index contributed by atoms with van der Waals surface area (Å²) in [7, 11) is 4.01. The van der Waals surface area contributed by atoms with Crippen molar-refractivity contribution >= 4 is 11.6 Å². The molecular weight excluding hydrogens is 266 g/mol. The first-order chi connectivity index (χ1) is 9.90. The molecule has 0 radical (unpaired) electrons. The molecule has 0 aromatic heterocycles. The Labute approximate surface area is 127 Å². The summed E-state index contributed by atoms with van der Waals surface area (Å²) in [5.74, 6) is 1.02. The van der Waals surface area contributed by atoms with E-state index in [-0.39, 0.29) is 11.9 Å². The normalized spacial score (nSPS) is 12.5. The summed E-state index contributed by atoms with van der Waals surface area (Å²) >= 11 is 0. The van der Waals surface area contributed by atoms with Crippen LogP contribution in [0.5, 0.6) is 5.75 Å².